The summed E-state index contributed by atoms with van der Waals surface area (Å²) in [5, 5.41) is 2.85. The number of esters is 1. The molecule has 7 heteroatoms. The van der Waals surface area contributed by atoms with Crippen LogP contribution in [0.25, 0.3) is 11.1 Å². The van der Waals surface area contributed by atoms with E-state index in [4.69, 9.17) is 4.74 Å². The second-order valence-electron chi connectivity index (χ2n) is 11.0. The highest BCUT2D eigenvalue weighted by molar-refractivity contribution is 6.09. The molecular weight excluding hydrogens is 444 g/mol. The summed E-state index contributed by atoms with van der Waals surface area (Å²) in [6, 6.07) is 13.0. The Bertz CT molecular complexity index is 1250. The number of hydrogen-bond acceptors (Lipinski definition) is 5. The molecule has 2 fully saturated rings. The Morgan fingerprint density at radius 2 is 1.80 bits per heavy atom. The highest BCUT2D eigenvalue weighted by Crippen LogP contribution is 2.46. The first-order valence-electron chi connectivity index (χ1n) is 12.1. The van der Waals surface area contributed by atoms with Gasteiger partial charge in [0.1, 0.15) is 12.1 Å². The molecule has 0 bridgehead atoms. The molecule has 2 aliphatic carbocycles. The summed E-state index contributed by atoms with van der Waals surface area (Å²) in [6.07, 6.45) is 2.88. The summed E-state index contributed by atoms with van der Waals surface area (Å²) in [5.41, 5.74) is 3.90. The van der Waals surface area contributed by atoms with E-state index in [0.717, 1.165) is 34.4 Å². The van der Waals surface area contributed by atoms with Crippen molar-refractivity contribution in [1.82, 2.24) is 10.2 Å². The number of nitrogens with one attached hydrogen (secondary N) is 1. The standard InChI is InChI=1S/C28H30N2O5/c1-17-12-27(2,3)16-28(13-17)25(33)30(26(34)29-28)14-24(32)35-15-23(31)20-9-8-19-10-18-6-4-5-7-21(18)22(19)11-20/h4-9,11,17H,10,12-16H2,1-3H3,(H,29,34). The molecule has 7 nitrogen and oxygen atoms in total. The third-order valence-corrected chi connectivity index (χ3v) is 7.40. The number of amides is 3. The van der Waals surface area contributed by atoms with Crippen LogP contribution in [0.15, 0.2) is 42.5 Å². The van der Waals surface area contributed by atoms with Gasteiger partial charge in [-0.25, -0.2) is 4.79 Å². The highest BCUT2D eigenvalue weighted by Gasteiger charge is 2.56. The van der Waals surface area contributed by atoms with Gasteiger partial charge in [0.25, 0.3) is 5.91 Å². The molecule has 2 unspecified atom stereocenters. The van der Waals surface area contributed by atoms with Crippen LogP contribution in [0.5, 0.6) is 0 Å². The lowest BCUT2D eigenvalue weighted by Gasteiger charge is -2.43. The topological polar surface area (TPSA) is 92.8 Å². The first-order valence-corrected chi connectivity index (χ1v) is 12.1. The van der Waals surface area contributed by atoms with Crippen LogP contribution in [0.4, 0.5) is 4.79 Å². The van der Waals surface area contributed by atoms with E-state index in [1.807, 2.05) is 30.3 Å². The smallest absolute Gasteiger partial charge is 0.326 e. The van der Waals surface area contributed by atoms with Crippen LogP contribution in [0.3, 0.4) is 0 Å². The van der Waals surface area contributed by atoms with Gasteiger partial charge in [0.15, 0.2) is 12.4 Å². The Morgan fingerprint density at radius 1 is 1.06 bits per heavy atom. The zero-order valence-electron chi connectivity index (χ0n) is 20.3. The normalized spacial score (nSPS) is 24.2. The number of hydrogen-bond donors (Lipinski definition) is 1. The van der Waals surface area contributed by atoms with Crippen LogP contribution in [-0.4, -0.2) is 47.3 Å². The lowest BCUT2D eigenvalue weighted by Crippen LogP contribution is -2.54. The van der Waals surface area contributed by atoms with Gasteiger partial charge in [-0.2, -0.15) is 0 Å². The van der Waals surface area contributed by atoms with Crippen LogP contribution >= 0.6 is 0 Å². The maximum Gasteiger partial charge on any atom is 0.326 e. The monoisotopic (exact) mass is 474 g/mol. The second kappa shape index (κ2) is 8.33. The van der Waals surface area contributed by atoms with Crippen molar-refractivity contribution in [3.63, 3.8) is 0 Å². The van der Waals surface area contributed by atoms with Gasteiger partial charge in [-0.1, -0.05) is 57.2 Å². The molecule has 1 saturated heterocycles. The van der Waals surface area contributed by atoms with Gasteiger partial charge in [-0.15, -0.1) is 0 Å². The molecule has 0 radical (unpaired) electrons. The van der Waals surface area contributed by atoms with Gasteiger partial charge in [0, 0.05) is 5.56 Å². The lowest BCUT2D eigenvalue weighted by atomic mass is 9.64. The average Bonchev–Trinajstić information content (AvgIpc) is 3.26. The second-order valence-corrected chi connectivity index (χ2v) is 11.0. The summed E-state index contributed by atoms with van der Waals surface area (Å²) in [6.45, 7) is 5.29. The van der Waals surface area contributed by atoms with Crippen molar-refractivity contribution in [2.75, 3.05) is 13.2 Å². The van der Waals surface area contributed by atoms with E-state index in [1.54, 1.807) is 6.07 Å². The van der Waals surface area contributed by atoms with E-state index in [0.29, 0.717) is 18.4 Å². The first-order chi connectivity index (χ1) is 16.6. The molecular formula is C28H30N2O5. The molecule has 1 saturated carbocycles. The quantitative estimate of drug-likeness (QED) is 0.341. The van der Waals surface area contributed by atoms with Gasteiger partial charge in [-0.3, -0.25) is 19.3 Å². The maximum absolute atomic E-state index is 13.2. The van der Waals surface area contributed by atoms with Crippen molar-refractivity contribution >= 4 is 23.7 Å². The summed E-state index contributed by atoms with van der Waals surface area (Å²) < 4.78 is 5.18. The number of nitrogens with zero attached hydrogens (tertiary/aromatic N) is 1. The summed E-state index contributed by atoms with van der Waals surface area (Å²) >= 11 is 0. The Labute approximate surface area is 204 Å². The van der Waals surface area contributed by atoms with E-state index in [2.05, 4.69) is 32.2 Å². The molecule has 1 aliphatic heterocycles. The fourth-order valence-electron chi connectivity index (χ4n) is 6.35. The van der Waals surface area contributed by atoms with Gasteiger partial charge in [0.05, 0.1) is 0 Å². The number of ether oxygens (including phenoxy) is 1. The molecule has 2 aromatic rings. The lowest BCUT2D eigenvalue weighted by molar-refractivity contribution is -0.147. The van der Waals surface area contributed by atoms with Crippen molar-refractivity contribution < 1.29 is 23.9 Å². The predicted octanol–water partition coefficient (Wildman–Crippen LogP) is 4.12. The number of benzene rings is 2. The van der Waals surface area contributed by atoms with E-state index in [1.165, 1.54) is 5.56 Å². The molecule has 35 heavy (non-hydrogen) atoms. The number of rotatable bonds is 5. The van der Waals surface area contributed by atoms with Crippen LogP contribution in [0.2, 0.25) is 0 Å². The summed E-state index contributed by atoms with van der Waals surface area (Å²) in [5.74, 6) is -1.23. The summed E-state index contributed by atoms with van der Waals surface area (Å²) in [7, 11) is 0. The molecule has 2 aromatic carbocycles. The molecule has 182 valence electrons. The van der Waals surface area contributed by atoms with E-state index in [9.17, 15) is 19.2 Å². The predicted molar refractivity (Wildman–Crippen MR) is 130 cm³/mol. The summed E-state index contributed by atoms with van der Waals surface area (Å²) in [4.78, 5) is 52.0. The van der Waals surface area contributed by atoms with Gasteiger partial charge in [0.2, 0.25) is 0 Å². The first kappa shape index (κ1) is 23.3. The maximum atomic E-state index is 13.2. The van der Waals surface area contributed by atoms with Gasteiger partial charge < -0.3 is 10.1 Å². The molecule has 1 N–H and O–H groups in total. The zero-order valence-corrected chi connectivity index (χ0v) is 20.3. The third-order valence-electron chi connectivity index (χ3n) is 7.40. The molecule has 3 amide bonds. The van der Waals surface area contributed by atoms with Gasteiger partial charge >= 0.3 is 12.0 Å². The number of fused-ring (bicyclic) bond motifs is 3. The molecule has 1 spiro atoms. The zero-order chi connectivity index (χ0) is 25.0. The number of ketones is 1. The minimum atomic E-state index is -0.977. The molecule has 1 heterocycles. The SMILES string of the molecule is CC1CC(C)(C)CC2(C1)NC(=O)N(CC(=O)OCC(=O)c1ccc3c(c1)-c1ccccc1C3)C2=O. The van der Waals surface area contributed by atoms with Crippen molar-refractivity contribution in [2.24, 2.45) is 11.3 Å². The van der Waals surface area contributed by atoms with Crippen LogP contribution in [0, 0.1) is 11.3 Å². The van der Waals surface area contributed by atoms with E-state index in [-0.39, 0.29) is 23.0 Å². The van der Waals surface area contributed by atoms with Crippen LogP contribution in [0.1, 0.15) is 61.5 Å². The number of urea groups is 1. The third kappa shape index (κ3) is 4.24. The molecule has 5 rings (SSSR count). The number of imide groups is 1. The highest BCUT2D eigenvalue weighted by atomic mass is 16.5. The average molecular weight is 475 g/mol. The van der Waals surface area contributed by atoms with Crippen molar-refractivity contribution in [1.29, 1.82) is 0 Å². The molecule has 0 aromatic heterocycles. The molecule has 2 atom stereocenters. The Balaban J connectivity index is 1.22. The van der Waals surface area contributed by atoms with Crippen LogP contribution in [-0.2, 0) is 20.7 Å². The van der Waals surface area contributed by atoms with Crippen molar-refractivity contribution in [3.05, 3.63) is 59.2 Å². The number of carbonyl (C=O) groups is 4. The molecule has 3 aliphatic rings. The van der Waals surface area contributed by atoms with Crippen molar-refractivity contribution in [3.8, 4) is 11.1 Å². The Hall–Kier alpha value is -3.48. The number of Topliss-reactive ketones (excluding diaryl/α,β-unsaturated/α-hetero) is 1. The fourth-order valence-corrected chi connectivity index (χ4v) is 6.35. The fraction of sp³-hybridized carbons (Fsp3) is 0.429. The minimum absolute atomic E-state index is 0.0973. The van der Waals surface area contributed by atoms with E-state index >= 15 is 0 Å². The minimum Gasteiger partial charge on any atom is -0.456 e. The van der Waals surface area contributed by atoms with E-state index < -0.39 is 30.7 Å². The largest absolute Gasteiger partial charge is 0.456 e. The van der Waals surface area contributed by atoms with Gasteiger partial charge in [-0.05, 0) is 65.3 Å². The number of carbonyl (C=O) groups excluding carboxylic acids is 4. The Kier molecular flexibility index (Phi) is 5.54. The Morgan fingerprint density at radius 3 is 2.57 bits per heavy atom. The van der Waals surface area contributed by atoms with Crippen molar-refractivity contribution in [2.45, 2.75) is 52.0 Å². The van der Waals surface area contributed by atoms with Crippen LogP contribution < -0.4 is 5.32 Å².